The van der Waals surface area contributed by atoms with Gasteiger partial charge in [-0.05, 0) is 62.3 Å². The second-order valence-electron chi connectivity index (χ2n) is 6.95. The van der Waals surface area contributed by atoms with Crippen LogP contribution < -0.4 is 10.1 Å². The van der Waals surface area contributed by atoms with Crippen molar-refractivity contribution in [2.24, 2.45) is 11.3 Å². The van der Waals surface area contributed by atoms with Crippen LogP contribution in [-0.2, 0) is 0 Å². The monoisotopic (exact) mass is 275 g/mol. The number of benzene rings is 1. The van der Waals surface area contributed by atoms with E-state index in [1.54, 1.807) is 7.11 Å². The molecule has 0 aliphatic heterocycles. The third kappa shape index (κ3) is 2.71. The van der Waals surface area contributed by atoms with Gasteiger partial charge in [0.1, 0.15) is 5.75 Å². The molecule has 2 atom stereocenters. The van der Waals surface area contributed by atoms with Gasteiger partial charge in [-0.1, -0.05) is 26.3 Å². The predicted octanol–water partition coefficient (Wildman–Crippen LogP) is 4.40. The van der Waals surface area contributed by atoms with Gasteiger partial charge in [0.2, 0.25) is 0 Å². The van der Waals surface area contributed by atoms with Crippen LogP contribution in [0.4, 0.5) is 0 Å². The van der Waals surface area contributed by atoms with Gasteiger partial charge in [0.05, 0.1) is 7.11 Å². The lowest BCUT2D eigenvalue weighted by atomic mass is 9.74. The number of hydrogen-bond acceptors (Lipinski definition) is 2. The molecule has 0 amide bonds. The lowest BCUT2D eigenvalue weighted by molar-refractivity contribution is 0.200. The van der Waals surface area contributed by atoms with E-state index in [0.29, 0.717) is 17.4 Å². The smallest absolute Gasteiger partial charge is 0.124 e. The normalized spacial score (nSPS) is 22.8. The molecule has 112 valence electrons. The lowest BCUT2D eigenvalue weighted by Gasteiger charge is -2.35. The number of rotatable bonds is 4. The molecule has 0 bridgehead atoms. The summed E-state index contributed by atoms with van der Waals surface area (Å²) < 4.78 is 5.68. The number of hydrogen-bond donors (Lipinski definition) is 1. The van der Waals surface area contributed by atoms with Crippen LogP contribution in [-0.4, -0.2) is 14.2 Å². The van der Waals surface area contributed by atoms with Crippen LogP contribution >= 0.6 is 0 Å². The van der Waals surface area contributed by atoms with Crippen LogP contribution in [0.25, 0.3) is 0 Å². The Hall–Kier alpha value is -1.02. The largest absolute Gasteiger partial charge is 0.496 e. The van der Waals surface area contributed by atoms with Crippen LogP contribution in [0, 0.1) is 25.2 Å². The Kier molecular flexibility index (Phi) is 4.43. The van der Waals surface area contributed by atoms with Crippen molar-refractivity contribution in [1.82, 2.24) is 5.32 Å². The van der Waals surface area contributed by atoms with Crippen molar-refractivity contribution in [3.05, 3.63) is 28.8 Å². The topological polar surface area (TPSA) is 21.3 Å². The summed E-state index contributed by atoms with van der Waals surface area (Å²) in [4.78, 5) is 0. The predicted molar refractivity (Wildman–Crippen MR) is 85.4 cm³/mol. The van der Waals surface area contributed by atoms with Gasteiger partial charge >= 0.3 is 0 Å². The fourth-order valence-electron chi connectivity index (χ4n) is 4.03. The van der Waals surface area contributed by atoms with Gasteiger partial charge in [-0.15, -0.1) is 0 Å². The first kappa shape index (κ1) is 15.4. The van der Waals surface area contributed by atoms with Gasteiger partial charge in [0.25, 0.3) is 0 Å². The molecular formula is C18H29NO. The van der Waals surface area contributed by atoms with E-state index in [9.17, 15) is 0 Å². The maximum absolute atomic E-state index is 5.68. The number of aryl methyl sites for hydroxylation is 2. The van der Waals surface area contributed by atoms with Gasteiger partial charge in [-0.3, -0.25) is 0 Å². The number of nitrogens with one attached hydrogen (secondary N) is 1. The quantitative estimate of drug-likeness (QED) is 0.879. The van der Waals surface area contributed by atoms with E-state index in [0.717, 1.165) is 5.75 Å². The van der Waals surface area contributed by atoms with Gasteiger partial charge in [-0.2, -0.15) is 0 Å². The molecule has 2 unspecified atom stereocenters. The van der Waals surface area contributed by atoms with E-state index in [4.69, 9.17) is 4.74 Å². The Labute approximate surface area is 123 Å². The molecule has 20 heavy (non-hydrogen) atoms. The van der Waals surface area contributed by atoms with Crippen LogP contribution in [0.2, 0.25) is 0 Å². The fraction of sp³-hybridized carbons (Fsp3) is 0.667. The molecule has 2 nitrogen and oxygen atoms in total. The van der Waals surface area contributed by atoms with Gasteiger partial charge in [0.15, 0.2) is 0 Å². The summed E-state index contributed by atoms with van der Waals surface area (Å²) in [6, 6.07) is 4.81. The SMILES string of the molecule is CNC(c1c(C)cc(C)cc1OC)C1CCCC1(C)C. The molecule has 1 aliphatic rings. The van der Waals surface area contributed by atoms with Crippen LogP contribution in [0.15, 0.2) is 12.1 Å². The number of ether oxygens (including phenoxy) is 1. The van der Waals surface area contributed by atoms with E-state index < -0.39 is 0 Å². The van der Waals surface area contributed by atoms with Crippen molar-refractivity contribution < 1.29 is 4.74 Å². The highest BCUT2D eigenvalue weighted by Crippen LogP contribution is 2.50. The highest BCUT2D eigenvalue weighted by Gasteiger charge is 2.40. The van der Waals surface area contributed by atoms with E-state index in [-0.39, 0.29) is 0 Å². The van der Waals surface area contributed by atoms with Crippen molar-refractivity contribution in [1.29, 1.82) is 0 Å². The zero-order valence-electron chi connectivity index (χ0n) is 13.8. The zero-order valence-corrected chi connectivity index (χ0v) is 13.8. The summed E-state index contributed by atoms with van der Waals surface area (Å²) in [5.41, 5.74) is 4.35. The molecule has 0 aromatic heterocycles. The van der Waals surface area contributed by atoms with Crippen molar-refractivity contribution in [2.75, 3.05) is 14.2 Å². The van der Waals surface area contributed by atoms with Crippen molar-refractivity contribution in [3.8, 4) is 5.75 Å². The fourth-order valence-corrected chi connectivity index (χ4v) is 4.03. The minimum Gasteiger partial charge on any atom is -0.496 e. The van der Waals surface area contributed by atoms with Gasteiger partial charge < -0.3 is 10.1 Å². The first-order valence-corrected chi connectivity index (χ1v) is 7.73. The molecule has 1 N–H and O–H groups in total. The molecule has 1 aromatic carbocycles. The summed E-state index contributed by atoms with van der Waals surface area (Å²) >= 11 is 0. The summed E-state index contributed by atoms with van der Waals surface area (Å²) in [5.74, 6) is 1.70. The summed E-state index contributed by atoms with van der Waals surface area (Å²) in [6.45, 7) is 9.15. The Morgan fingerprint density at radius 1 is 1.30 bits per heavy atom. The van der Waals surface area contributed by atoms with E-state index in [1.165, 1.54) is 36.0 Å². The Morgan fingerprint density at radius 2 is 2.00 bits per heavy atom. The molecule has 1 saturated carbocycles. The van der Waals surface area contributed by atoms with E-state index >= 15 is 0 Å². The lowest BCUT2D eigenvalue weighted by Crippen LogP contribution is -2.32. The maximum Gasteiger partial charge on any atom is 0.124 e. The van der Waals surface area contributed by atoms with Crippen LogP contribution in [0.5, 0.6) is 5.75 Å². The Morgan fingerprint density at radius 3 is 2.50 bits per heavy atom. The molecule has 0 heterocycles. The van der Waals surface area contributed by atoms with Gasteiger partial charge in [-0.25, -0.2) is 0 Å². The van der Waals surface area contributed by atoms with Crippen LogP contribution in [0.1, 0.15) is 55.8 Å². The average Bonchev–Trinajstić information content (AvgIpc) is 2.72. The third-order valence-electron chi connectivity index (χ3n) is 5.08. The first-order chi connectivity index (χ1) is 9.40. The molecule has 1 fully saturated rings. The second kappa shape index (κ2) is 5.77. The molecule has 0 spiro atoms. The van der Waals surface area contributed by atoms with Gasteiger partial charge in [0, 0.05) is 11.6 Å². The number of methoxy groups -OCH3 is 1. The highest BCUT2D eigenvalue weighted by molar-refractivity contribution is 5.45. The third-order valence-corrected chi connectivity index (χ3v) is 5.08. The molecular weight excluding hydrogens is 246 g/mol. The maximum atomic E-state index is 5.68. The minimum atomic E-state index is 0.378. The van der Waals surface area contributed by atoms with Crippen LogP contribution in [0.3, 0.4) is 0 Å². The Bertz CT molecular complexity index is 479. The highest BCUT2D eigenvalue weighted by atomic mass is 16.5. The Balaban J connectivity index is 2.47. The first-order valence-electron chi connectivity index (χ1n) is 7.73. The van der Waals surface area contributed by atoms with E-state index in [2.05, 4.69) is 52.2 Å². The van der Waals surface area contributed by atoms with Crippen molar-refractivity contribution in [2.45, 2.75) is 53.0 Å². The molecule has 2 rings (SSSR count). The molecule has 1 aliphatic carbocycles. The minimum absolute atomic E-state index is 0.378. The average molecular weight is 275 g/mol. The standard InChI is InChI=1S/C18H29NO/c1-12-10-13(2)16(15(11-12)20-6)17(19-5)14-8-7-9-18(14,3)4/h10-11,14,17,19H,7-9H2,1-6H3. The molecule has 0 radical (unpaired) electrons. The molecule has 1 aromatic rings. The second-order valence-corrected chi connectivity index (χ2v) is 6.95. The summed E-state index contributed by atoms with van der Waals surface area (Å²) in [7, 11) is 3.86. The molecule has 2 heteroatoms. The molecule has 0 saturated heterocycles. The summed E-state index contributed by atoms with van der Waals surface area (Å²) in [5, 5.41) is 3.57. The van der Waals surface area contributed by atoms with Crippen molar-refractivity contribution >= 4 is 0 Å². The summed E-state index contributed by atoms with van der Waals surface area (Å²) in [6.07, 6.45) is 3.96. The zero-order chi connectivity index (χ0) is 14.9. The van der Waals surface area contributed by atoms with Crippen molar-refractivity contribution in [3.63, 3.8) is 0 Å². The van der Waals surface area contributed by atoms with E-state index in [1.807, 2.05) is 0 Å².